The summed E-state index contributed by atoms with van der Waals surface area (Å²) in [7, 11) is 0. The summed E-state index contributed by atoms with van der Waals surface area (Å²) in [4.78, 5) is 0. The number of ether oxygens (including phenoxy) is 1. The number of rotatable bonds is 4. The van der Waals surface area contributed by atoms with Crippen LogP contribution in [0.3, 0.4) is 0 Å². The van der Waals surface area contributed by atoms with Crippen molar-refractivity contribution in [3.63, 3.8) is 0 Å². The van der Waals surface area contributed by atoms with Crippen LogP contribution in [-0.2, 0) is 5.41 Å². The number of hydrogen-bond acceptors (Lipinski definition) is 3. The lowest BCUT2D eigenvalue weighted by molar-refractivity contribution is -0.107. The van der Waals surface area contributed by atoms with Gasteiger partial charge < -0.3 is 10.5 Å². The van der Waals surface area contributed by atoms with Gasteiger partial charge in [-0.05, 0) is 96.6 Å². The third kappa shape index (κ3) is 4.28. The van der Waals surface area contributed by atoms with E-state index in [4.69, 9.17) is 15.9 Å². The smallest absolute Gasteiger partial charge is 0.241 e. The molecule has 0 saturated heterocycles. The van der Waals surface area contributed by atoms with Gasteiger partial charge in [-0.2, -0.15) is 0 Å². The fourth-order valence-electron chi connectivity index (χ4n) is 5.62. The highest BCUT2D eigenvalue weighted by Gasteiger charge is 2.34. The molecule has 4 aromatic carbocycles. The van der Waals surface area contributed by atoms with Crippen molar-refractivity contribution in [1.82, 2.24) is 0 Å². The summed E-state index contributed by atoms with van der Waals surface area (Å²) in [6.07, 6.45) is 0. The summed E-state index contributed by atoms with van der Waals surface area (Å²) in [6.45, 7) is 13.3. The molecule has 0 bridgehead atoms. The summed E-state index contributed by atoms with van der Waals surface area (Å²) in [5, 5.41) is 7.26. The van der Waals surface area contributed by atoms with Gasteiger partial charge in [-0.1, -0.05) is 68.4 Å². The lowest BCUT2D eigenvalue weighted by Gasteiger charge is -2.35. The van der Waals surface area contributed by atoms with Crippen LogP contribution in [0.15, 0.2) is 72.8 Å². The summed E-state index contributed by atoms with van der Waals surface area (Å²) >= 11 is 1.52. The van der Waals surface area contributed by atoms with Crippen molar-refractivity contribution in [2.75, 3.05) is 0 Å². The van der Waals surface area contributed by atoms with Crippen LogP contribution in [0.2, 0.25) is 0 Å². The number of nitrogens with two attached hydrogens (primary N) is 2. The van der Waals surface area contributed by atoms with E-state index in [9.17, 15) is 0 Å². The SMILES string of the molecule is Cc1c(C)c(-c2ccc3c(c2)C(C)(C)c2ccccc2O3)c(C)c(C)c1C(=[NH2+])SC(N)c1ccccc1. The van der Waals surface area contributed by atoms with E-state index in [-0.39, 0.29) is 10.8 Å². The predicted molar refractivity (Wildman–Crippen MR) is 156 cm³/mol. The van der Waals surface area contributed by atoms with Crippen LogP contribution in [0.1, 0.15) is 63.7 Å². The molecule has 0 aromatic heterocycles. The fourth-order valence-corrected chi connectivity index (χ4v) is 6.61. The molecule has 1 aliphatic rings. The Hall–Kier alpha value is -3.34. The number of benzene rings is 4. The molecule has 0 aliphatic carbocycles. The monoisotopic (exact) mass is 507 g/mol. The van der Waals surface area contributed by atoms with Gasteiger partial charge >= 0.3 is 0 Å². The summed E-state index contributed by atoms with van der Waals surface area (Å²) in [5.41, 5.74) is 18.3. The van der Waals surface area contributed by atoms with Gasteiger partial charge in [-0.3, -0.25) is 0 Å². The number of thioether (sulfide) groups is 1. The van der Waals surface area contributed by atoms with E-state index in [2.05, 4.69) is 77.9 Å². The van der Waals surface area contributed by atoms with Crippen LogP contribution in [0.4, 0.5) is 0 Å². The standard InChI is InChI=1S/C33H34N2OS/c1-19-21(3)30(32(35)37-31(34)23-12-8-7-9-13-23)22(4)20(2)29(19)24-16-17-28-26(18-24)33(5,6)25-14-10-11-15-27(25)36-28/h7-18,31,35H,34H2,1-6H3/p+1. The first-order valence-corrected chi connectivity index (χ1v) is 13.6. The number of hydrogen-bond donors (Lipinski definition) is 2. The molecular weight excluding hydrogens is 472 g/mol. The summed E-state index contributed by atoms with van der Waals surface area (Å²) in [5.74, 6) is 1.87. The summed E-state index contributed by atoms with van der Waals surface area (Å²) < 4.78 is 6.30. The zero-order valence-corrected chi connectivity index (χ0v) is 23.3. The average Bonchev–Trinajstić information content (AvgIpc) is 2.89. The molecule has 37 heavy (non-hydrogen) atoms. The lowest BCUT2D eigenvalue weighted by Crippen LogP contribution is -2.40. The Kier molecular flexibility index (Phi) is 6.51. The van der Waals surface area contributed by atoms with E-state index in [0.717, 1.165) is 27.7 Å². The molecule has 0 saturated carbocycles. The van der Waals surface area contributed by atoms with E-state index < -0.39 is 0 Å². The largest absolute Gasteiger partial charge is 0.457 e. The molecule has 1 aliphatic heterocycles. The Morgan fingerprint density at radius 3 is 2.05 bits per heavy atom. The molecule has 4 N–H and O–H groups in total. The Bertz CT molecular complexity index is 1490. The van der Waals surface area contributed by atoms with Crippen molar-refractivity contribution in [2.24, 2.45) is 5.73 Å². The summed E-state index contributed by atoms with van der Waals surface area (Å²) in [6, 6.07) is 25.1. The van der Waals surface area contributed by atoms with Crippen LogP contribution in [-0.4, -0.2) is 5.04 Å². The van der Waals surface area contributed by atoms with Crippen molar-refractivity contribution in [3.8, 4) is 22.6 Å². The van der Waals surface area contributed by atoms with Crippen LogP contribution in [0.25, 0.3) is 11.1 Å². The Labute approximate surface area is 224 Å². The normalized spacial score (nSPS) is 14.4. The predicted octanol–water partition coefficient (Wildman–Crippen LogP) is 6.92. The van der Waals surface area contributed by atoms with Gasteiger partial charge in [-0.15, -0.1) is 0 Å². The molecule has 1 atom stereocenters. The highest BCUT2D eigenvalue weighted by Crippen LogP contribution is 2.49. The maximum absolute atomic E-state index is 6.72. The third-order valence-corrected chi connectivity index (χ3v) is 8.96. The van der Waals surface area contributed by atoms with Gasteiger partial charge in [0.2, 0.25) is 5.04 Å². The van der Waals surface area contributed by atoms with E-state index in [0.29, 0.717) is 0 Å². The Morgan fingerprint density at radius 1 is 0.784 bits per heavy atom. The van der Waals surface area contributed by atoms with E-state index in [1.54, 1.807) is 0 Å². The molecule has 5 rings (SSSR count). The van der Waals surface area contributed by atoms with Crippen LogP contribution < -0.4 is 15.9 Å². The zero-order valence-electron chi connectivity index (χ0n) is 22.5. The number of para-hydroxylation sites is 1. The minimum Gasteiger partial charge on any atom is -0.457 e. The first kappa shape index (κ1) is 25.3. The van der Waals surface area contributed by atoms with Crippen LogP contribution in [0.5, 0.6) is 11.5 Å². The minimum atomic E-state index is -0.217. The van der Waals surface area contributed by atoms with Crippen LogP contribution >= 0.6 is 11.8 Å². The Balaban J connectivity index is 1.55. The van der Waals surface area contributed by atoms with Crippen molar-refractivity contribution >= 4 is 16.8 Å². The first-order valence-electron chi connectivity index (χ1n) is 12.7. The van der Waals surface area contributed by atoms with E-state index in [1.807, 2.05) is 36.4 Å². The molecular formula is C33H35N2OS+. The van der Waals surface area contributed by atoms with Crippen molar-refractivity contribution < 1.29 is 10.1 Å². The molecule has 1 unspecified atom stereocenters. The van der Waals surface area contributed by atoms with Gasteiger partial charge in [0.25, 0.3) is 0 Å². The quantitative estimate of drug-likeness (QED) is 0.179. The van der Waals surface area contributed by atoms with Gasteiger partial charge in [0, 0.05) is 16.5 Å². The molecule has 0 fully saturated rings. The molecule has 188 valence electrons. The number of fused-ring (bicyclic) bond motifs is 2. The van der Waals surface area contributed by atoms with Gasteiger partial charge in [-0.25, -0.2) is 5.41 Å². The van der Waals surface area contributed by atoms with E-state index >= 15 is 0 Å². The molecule has 1 heterocycles. The molecule has 4 heteroatoms. The highest BCUT2D eigenvalue weighted by atomic mass is 32.2. The third-order valence-electron chi connectivity index (χ3n) is 7.98. The van der Waals surface area contributed by atoms with Crippen molar-refractivity contribution in [3.05, 3.63) is 117 Å². The maximum Gasteiger partial charge on any atom is 0.241 e. The molecule has 0 radical (unpaired) electrons. The van der Waals surface area contributed by atoms with Crippen LogP contribution in [0, 0.1) is 27.7 Å². The minimum absolute atomic E-state index is 0.158. The lowest BCUT2D eigenvalue weighted by atomic mass is 9.74. The molecule has 0 amide bonds. The van der Waals surface area contributed by atoms with Crippen molar-refractivity contribution in [1.29, 1.82) is 0 Å². The fraction of sp³-hybridized carbons (Fsp3) is 0.242. The second-order valence-electron chi connectivity index (χ2n) is 10.5. The Morgan fingerprint density at radius 2 is 1.38 bits per heavy atom. The first-order chi connectivity index (χ1) is 17.6. The molecule has 4 aromatic rings. The zero-order chi connectivity index (χ0) is 26.5. The maximum atomic E-state index is 6.72. The topological polar surface area (TPSA) is 60.8 Å². The average molecular weight is 508 g/mol. The molecule has 3 nitrogen and oxygen atoms in total. The second-order valence-corrected chi connectivity index (χ2v) is 11.7. The van der Waals surface area contributed by atoms with Crippen molar-refractivity contribution in [2.45, 2.75) is 52.3 Å². The van der Waals surface area contributed by atoms with Gasteiger partial charge in [0.1, 0.15) is 11.5 Å². The van der Waals surface area contributed by atoms with E-state index in [1.165, 1.54) is 56.3 Å². The van der Waals surface area contributed by atoms with Gasteiger partial charge in [0.15, 0.2) is 0 Å². The van der Waals surface area contributed by atoms with Gasteiger partial charge in [0.05, 0.1) is 10.9 Å². The molecule has 0 spiro atoms. The second kappa shape index (κ2) is 9.51. The highest BCUT2D eigenvalue weighted by molar-refractivity contribution is 8.14.